The lowest BCUT2D eigenvalue weighted by atomic mass is 10.1. The van der Waals surface area contributed by atoms with Crippen LogP contribution in [-0.4, -0.2) is 34.7 Å². The summed E-state index contributed by atoms with van der Waals surface area (Å²) in [4.78, 5) is 17.0. The number of methoxy groups -OCH3 is 2. The minimum absolute atomic E-state index is 0.146. The highest BCUT2D eigenvalue weighted by Gasteiger charge is 2.19. The Morgan fingerprint density at radius 2 is 1.76 bits per heavy atom. The fourth-order valence-electron chi connectivity index (χ4n) is 2.60. The highest BCUT2D eigenvalue weighted by Crippen LogP contribution is 2.37. The second-order valence-corrected chi connectivity index (χ2v) is 5.51. The van der Waals surface area contributed by atoms with Crippen LogP contribution in [0.2, 0.25) is 0 Å². The smallest absolute Gasteiger partial charge is 0.213 e. The number of carbonyl (C=O) groups is 1. The molecule has 128 valence electrons. The van der Waals surface area contributed by atoms with Crippen molar-refractivity contribution in [3.05, 3.63) is 65.7 Å². The van der Waals surface area contributed by atoms with Gasteiger partial charge < -0.3 is 19.1 Å². The van der Waals surface area contributed by atoms with E-state index >= 15 is 0 Å². The summed E-state index contributed by atoms with van der Waals surface area (Å²) >= 11 is 0. The quantitative estimate of drug-likeness (QED) is 0.724. The van der Waals surface area contributed by atoms with Crippen molar-refractivity contribution < 1.29 is 19.4 Å². The fourth-order valence-corrected chi connectivity index (χ4v) is 2.60. The normalized spacial score (nSPS) is 10.5. The fraction of sp³-hybridized carbons (Fsp3) is 0.158. The minimum atomic E-state index is -0.288. The molecular formula is C19H18N2O4. The van der Waals surface area contributed by atoms with Crippen LogP contribution in [0.15, 0.2) is 48.9 Å². The first-order chi connectivity index (χ1) is 12.0. The van der Waals surface area contributed by atoms with Gasteiger partial charge in [0.05, 0.1) is 14.2 Å². The number of hydrogen-bond donors (Lipinski definition) is 1. The van der Waals surface area contributed by atoms with E-state index in [1.807, 2.05) is 31.2 Å². The average molecular weight is 338 g/mol. The Hall–Kier alpha value is -3.28. The van der Waals surface area contributed by atoms with Gasteiger partial charge in [-0.1, -0.05) is 18.2 Å². The molecule has 0 spiro atoms. The molecule has 2 aromatic carbocycles. The zero-order chi connectivity index (χ0) is 18.0. The van der Waals surface area contributed by atoms with Gasteiger partial charge in [-0.2, -0.15) is 0 Å². The predicted octanol–water partition coefficient (Wildman–Crippen LogP) is 3.13. The van der Waals surface area contributed by atoms with Gasteiger partial charge in [0, 0.05) is 17.4 Å². The molecule has 1 heterocycles. The predicted molar refractivity (Wildman–Crippen MR) is 92.9 cm³/mol. The Labute approximate surface area is 145 Å². The topological polar surface area (TPSA) is 73.6 Å². The number of aromatic hydroxyl groups is 1. The number of aryl methyl sites for hydroxylation is 1. The average Bonchev–Trinajstić information content (AvgIpc) is 3.11. The van der Waals surface area contributed by atoms with Gasteiger partial charge in [-0.05, 0) is 30.7 Å². The van der Waals surface area contributed by atoms with Crippen molar-refractivity contribution in [2.75, 3.05) is 14.2 Å². The molecule has 0 amide bonds. The van der Waals surface area contributed by atoms with Crippen molar-refractivity contribution >= 4 is 5.78 Å². The molecule has 0 bridgehead atoms. The highest BCUT2D eigenvalue weighted by molar-refractivity contribution is 6.08. The first-order valence-corrected chi connectivity index (χ1v) is 7.65. The standard InChI is InChI=1S/C19H18N2O4/c1-12-6-4-5-7-15(12)21-10-14(20-11-21)18(22)13-8-16(24-2)19(23)17(9-13)25-3/h4-11,23H,1-3H3. The Bertz CT molecular complexity index is 906. The van der Waals surface area contributed by atoms with Crippen molar-refractivity contribution in [3.8, 4) is 22.9 Å². The number of hydrogen-bond acceptors (Lipinski definition) is 5. The van der Waals surface area contributed by atoms with Gasteiger partial charge in [0.1, 0.15) is 12.0 Å². The Morgan fingerprint density at radius 1 is 1.12 bits per heavy atom. The van der Waals surface area contributed by atoms with Crippen LogP contribution in [-0.2, 0) is 0 Å². The Kier molecular flexibility index (Phi) is 4.43. The van der Waals surface area contributed by atoms with Crippen molar-refractivity contribution in [1.29, 1.82) is 0 Å². The molecule has 25 heavy (non-hydrogen) atoms. The van der Waals surface area contributed by atoms with Crippen LogP contribution in [0, 0.1) is 6.92 Å². The molecule has 0 unspecified atom stereocenters. The number of benzene rings is 2. The van der Waals surface area contributed by atoms with Crippen LogP contribution in [0.5, 0.6) is 17.2 Å². The molecule has 0 saturated heterocycles. The van der Waals surface area contributed by atoms with Crippen molar-refractivity contribution in [2.24, 2.45) is 0 Å². The SMILES string of the molecule is COc1cc(C(=O)c2cn(-c3ccccc3C)cn2)cc(OC)c1O. The van der Waals surface area contributed by atoms with E-state index in [0.717, 1.165) is 11.3 Å². The van der Waals surface area contributed by atoms with E-state index in [-0.39, 0.29) is 28.7 Å². The highest BCUT2D eigenvalue weighted by atomic mass is 16.5. The number of phenolic OH excluding ortho intramolecular Hbond substituents is 1. The van der Waals surface area contributed by atoms with Crippen molar-refractivity contribution in [3.63, 3.8) is 0 Å². The van der Waals surface area contributed by atoms with Crippen LogP contribution in [0.3, 0.4) is 0 Å². The number of ether oxygens (including phenoxy) is 2. The van der Waals surface area contributed by atoms with E-state index in [1.54, 1.807) is 17.1 Å². The second-order valence-electron chi connectivity index (χ2n) is 5.51. The monoisotopic (exact) mass is 338 g/mol. The minimum Gasteiger partial charge on any atom is -0.502 e. The number of carbonyl (C=O) groups excluding carboxylic acids is 1. The maximum absolute atomic E-state index is 12.8. The molecule has 0 aliphatic rings. The number of ketones is 1. The molecule has 0 saturated carbocycles. The Balaban J connectivity index is 1.99. The van der Waals surface area contributed by atoms with Crippen LogP contribution < -0.4 is 9.47 Å². The van der Waals surface area contributed by atoms with E-state index in [1.165, 1.54) is 26.4 Å². The van der Waals surface area contributed by atoms with Crippen LogP contribution in [0.25, 0.3) is 5.69 Å². The van der Waals surface area contributed by atoms with Gasteiger partial charge in [0.2, 0.25) is 11.5 Å². The number of aromatic nitrogens is 2. The lowest BCUT2D eigenvalue weighted by molar-refractivity contribution is 0.103. The largest absolute Gasteiger partial charge is 0.502 e. The van der Waals surface area contributed by atoms with Gasteiger partial charge in [-0.3, -0.25) is 4.79 Å². The second kappa shape index (κ2) is 6.68. The zero-order valence-electron chi connectivity index (χ0n) is 14.2. The maximum atomic E-state index is 12.8. The van der Waals surface area contributed by atoms with E-state index in [0.29, 0.717) is 5.56 Å². The van der Waals surface area contributed by atoms with Gasteiger partial charge >= 0.3 is 0 Å². The van der Waals surface area contributed by atoms with E-state index in [2.05, 4.69) is 4.98 Å². The summed E-state index contributed by atoms with van der Waals surface area (Å²) in [7, 11) is 2.82. The summed E-state index contributed by atoms with van der Waals surface area (Å²) in [5.74, 6) is -0.0991. The van der Waals surface area contributed by atoms with E-state index in [9.17, 15) is 9.90 Å². The van der Waals surface area contributed by atoms with Crippen molar-refractivity contribution in [2.45, 2.75) is 6.92 Å². The van der Waals surface area contributed by atoms with E-state index < -0.39 is 0 Å². The van der Waals surface area contributed by atoms with Gasteiger partial charge in [-0.15, -0.1) is 0 Å². The van der Waals surface area contributed by atoms with Crippen LogP contribution in [0.1, 0.15) is 21.6 Å². The number of phenols is 1. The molecule has 0 aliphatic carbocycles. The molecular weight excluding hydrogens is 320 g/mol. The number of nitrogens with zero attached hydrogens (tertiary/aromatic N) is 2. The lowest BCUT2D eigenvalue weighted by Gasteiger charge is -2.10. The number of para-hydroxylation sites is 1. The number of rotatable bonds is 5. The first-order valence-electron chi connectivity index (χ1n) is 7.65. The molecule has 0 fully saturated rings. The summed E-state index contributed by atoms with van der Waals surface area (Å²) < 4.78 is 12.0. The summed E-state index contributed by atoms with van der Waals surface area (Å²) in [5, 5.41) is 9.97. The zero-order valence-corrected chi connectivity index (χ0v) is 14.2. The lowest BCUT2D eigenvalue weighted by Crippen LogP contribution is -2.03. The summed E-state index contributed by atoms with van der Waals surface area (Å²) in [6.07, 6.45) is 3.28. The third kappa shape index (κ3) is 3.06. The summed E-state index contributed by atoms with van der Waals surface area (Å²) in [6.45, 7) is 1.99. The summed E-state index contributed by atoms with van der Waals surface area (Å²) in [5.41, 5.74) is 2.64. The van der Waals surface area contributed by atoms with Crippen molar-refractivity contribution in [1.82, 2.24) is 9.55 Å². The molecule has 0 aliphatic heterocycles. The molecule has 1 N–H and O–H groups in total. The van der Waals surface area contributed by atoms with E-state index in [4.69, 9.17) is 9.47 Å². The maximum Gasteiger partial charge on any atom is 0.213 e. The molecule has 0 atom stereocenters. The molecule has 6 nitrogen and oxygen atoms in total. The summed E-state index contributed by atoms with van der Waals surface area (Å²) in [6, 6.07) is 10.8. The van der Waals surface area contributed by atoms with Crippen LogP contribution in [0.4, 0.5) is 0 Å². The van der Waals surface area contributed by atoms with Gasteiger partial charge in [-0.25, -0.2) is 4.98 Å². The van der Waals surface area contributed by atoms with Crippen LogP contribution >= 0.6 is 0 Å². The third-order valence-electron chi connectivity index (χ3n) is 3.95. The van der Waals surface area contributed by atoms with Gasteiger partial charge in [0.25, 0.3) is 0 Å². The number of imidazole rings is 1. The third-order valence-corrected chi connectivity index (χ3v) is 3.95. The molecule has 3 aromatic rings. The van der Waals surface area contributed by atoms with Gasteiger partial charge in [0.15, 0.2) is 11.5 Å². The molecule has 0 radical (unpaired) electrons. The molecule has 3 rings (SSSR count). The molecule has 1 aromatic heterocycles. The first kappa shape index (κ1) is 16.6. The Morgan fingerprint density at radius 3 is 2.36 bits per heavy atom. The molecule has 6 heteroatoms.